The fraction of sp³-hybridized carbons (Fsp3) is 0.389. The Labute approximate surface area is 160 Å². The number of imide groups is 1. The zero-order chi connectivity index (χ0) is 19.6. The summed E-state index contributed by atoms with van der Waals surface area (Å²) in [4.78, 5) is 38.7. The Morgan fingerprint density at radius 2 is 1.96 bits per heavy atom. The molecule has 2 aromatic rings. The van der Waals surface area contributed by atoms with E-state index in [1.165, 1.54) is 34.4 Å². The molecule has 0 fully saturated rings. The molecule has 8 nitrogen and oxygen atoms in total. The van der Waals surface area contributed by atoms with Crippen molar-refractivity contribution in [2.45, 2.75) is 26.9 Å². The van der Waals surface area contributed by atoms with Crippen molar-refractivity contribution in [2.24, 2.45) is 5.92 Å². The Bertz CT molecular complexity index is 893. The number of carbonyl (C=O) groups is 3. The van der Waals surface area contributed by atoms with Gasteiger partial charge in [0.05, 0.1) is 11.1 Å². The molecule has 1 aliphatic heterocycles. The lowest BCUT2D eigenvalue weighted by Crippen LogP contribution is -2.31. The van der Waals surface area contributed by atoms with Crippen LogP contribution in [-0.4, -0.2) is 46.5 Å². The third kappa shape index (κ3) is 4.04. The van der Waals surface area contributed by atoms with E-state index in [9.17, 15) is 14.4 Å². The first kappa shape index (κ1) is 19.1. The van der Waals surface area contributed by atoms with E-state index in [0.717, 1.165) is 6.42 Å². The van der Waals surface area contributed by atoms with Crippen LogP contribution in [0.3, 0.4) is 0 Å². The van der Waals surface area contributed by atoms with E-state index < -0.39 is 5.91 Å². The monoisotopic (exact) mass is 388 g/mol. The van der Waals surface area contributed by atoms with Crippen molar-refractivity contribution in [3.63, 3.8) is 0 Å². The minimum atomic E-state index is -0.418. The van der Waals surface area contributed by atoms with Crippen molar-refractivity contribution in [1.82, 2.24) is 15.1 Å². The predicted octanol–water partition coefficient (Wildman–Crippen LogP) is 2.58. The third-order valence-corrected chi connectivity index (χ3v) is 4.93. The van der Waals surface area contributed by atoms with Crippen molar-refractivity contribution in [2.75, 3.05) is 19.0 Å². The molecule has 0 spiro atoms. The number of ether oxygens (including phenoxy) is 1. The second-order valence-corrected chi connectivity index (χ2v) is 7.65. The average Bonchev–Trinajstić information content (AvgIpc) is 3.16. The Morgan fingerprint density at radius 3 is 2.67 bits per heavy atom. The number of benzene rings is 1. The summed E-state index contributed by atoms with van der Waals surface area (Å²) >= 11 is 1.21. The molecule has 0 bridgehead atoms. The maximum Gasteiger partial charge on any atom is 0.261 e. The van der Waals surface area contributed by atoms with Crippen LogP contribution in [0.15, 0.2) is 18.2 Å². The predicted molar refractivity (Wildman–Crippen MR) is 99.8 cm³/mol. The second-order valence-electron chi connectivity index (χ2n) is 6.59. The number of aromatic nitrogens is 2. The van der Waals surface area contributed by atoms with E-state index in [2.05, 4.69) is 15.5 Å². The van der Waals surface area contributed by atoms with E-state index in [1.807, 2.05) is 13.8 Å². The highest BCUT2D eigenvalue weighted by molar-refractivity contribution is 7.15. The first-order chi connectivity index (χ1) is 12.9. The lowest BCUT2D eigenvalue weighted by molar-refractivity contribution is 0.0647. The molecule has 1 aromatic heterocycles. The molecule has 1 N–H and O–H groups in total. The number of anilines is 1. The van der Waals surface area contributed by atoms with Gasteiger partial charge < -0.3 is 4.74 Å². The molecule has 3 rings (SSSR count). The highest BCUT2D eigenvalue weighted by atomic mass is 32.1. The number of nitrogens with one attached hydrogen (secondary N) is 1. The van der Waals surface area contributed by atoms with E-state index in [-0.39, 0.29) is 22.9 Å². The third-order valence-electron chi connectivity index (χ3n) is 4.12. The molecule has 1 aliphatic rings. The fourth-order valence-electron chi connectivity index (χ4n) is 2.68. The van der Waals surface area contributed by atoms with Crippen molar-refractivity contribution < 1.29 is 19.1 Å². The molecule has 142 valence electrons. The first-order valence-corrected chi connectivity index (χ1v) is 9.35. The normalized spacial score (nSPS) is 13.4. The number of hydrogen-bond acceptors (Lipinski definition) is 7. The standard InChI is InChI=1S/C18H20N4O4S/c1-10(2)6-7-22-16(24)12-5-4-11(8-13(12)17(22)25)15(23)19-18-21-20-14(27-18)9-26-3/h4-5,8,10H,6-7,9H2,1-3H3,(H,19,21,23). The number of methoxy groups -OCH3 is 1. The highest BCUT2D eigenvalue weighted by Crippen LogP contribution is 2.25. The van der Waals surface area contributed by atoms with Gasteiger partial charge in [0.2, 0.25) is 5.13 Å². The molecule has 27 heavy (non-hydrogen) atoms. The van der Waals surface area contributed by atoms with Crippen molar-refractivity contribution >= 4 is 34.2 Å². The molecule has 1 aromatic carbocycles. The summed E-state index contributed by atoms with van der Waals surface area (Å²) < 4.78 is 4.97. The van der Waals surface area contributed by atoms with Gasteiger partial charge in [0.1, 0.15) is 11.6 Å². The van der Waals surface area contributed by atoms with Crippen LogP contribution >= 0.6 is 11.3 Å². The molecular formula is C18H20N4O4S. The van der Waals surface area contributed by atoms with Gasteiger partial charge in [0.15, 0.2) is 0 Å². The summed E-state index contributed by atoms with van der Waals surface area (Å²) in [6, 6.07) is 4.51. The van der Waals surface area contributed by atoms with Gasteiger partial charge in [-0.15, -0.1) is 10.2 Å². The first-order valence-electron chi connectivity index (χ1n) is 8.53. The van der Waals surface area contributed by atoms with E-state index in [1.54, 1.807) is 7.11 Å². The van der Waals surface area contributed by atoms with Crippen LogP contribution in [-0.2, 0) is 11.3 Å². The molecule has 0 radical (unpaired) electrons. The summed E-state index contributed by atoms with van der Waals surface area (Å²) in [7, 11) is 1.55. The minimum absolute atomic E-state index is 0.258. The molecule has 0 saturated carbocycles. The number of amides is 3. The van der Waals surface area contributed by atoms with Gasteiger partial charge in [0.25, 0.3) is 17.7 Å². The number of rotatable bonds is 7. The summed E-state index contributed by atoms with van der Waals surface area (Å²) in [6.07, 6.45) is 0.736. The molecule has 3 amide bonds. The van der Waals surface area contributed by atoms with Crippen LogP contribution in [0.25, 0.3) is 0 Å². The summed E-state index contributed by atoms with van der Waals surface area (Å²) in [6.45, 7) is 4.76. The summed E-state index contributed by atoms with van der Waals surface area (Å²) in [5.74, 6) is -0.705. The van der Waals surface area contributed by atoms with Crippen LogP contribution in [0.2, 0.25) is 0 Å². The molecule has 0 saturated heterocycles. The van der Waals surface area contributed by atoms with Gasteiger partial charge in [-0.05, 0) is 30.5 Å². The van der Waals surface area contributed by atoms with Gasteiger partial charge in [-0.2, -0.15) is 0 Å². The summed E-state index contributed by atoms with van der Waals surface area (Å²) in [5.41, 5.74) is 0.872. The molecule has 2 heterocycles. The van der Waals surface area contributed by atoms with Crippen LogP contribution in [0.1, 0.15) is 56.3 Å². The zero-order valence-corrected chi connectivity index (χ0v) is 16.1. The SMILES string of the molecule is COCc1nnc(NC(=O)c2ccc3c(c2)C(=O)N(CCC(C)C)C3=O)s1. The lowest BCUT2D eigenvalue weighted by Gasteiger charge is -2.14. The van der Waals surface area contributed by atoms with Crippen molar-refractivity contribution in [3.8, 4) is 0 Å². The van der Waals surface area contributed by atoms with Crippen molar-refractivity contribution in [1.29, 1.82) is 0 Å². The highest BCUT2D eigenvalue weighted by Gasteiger charge is 2.35. The van der Waals surface area contributed by atoms with Gasteiger partial charge in [-0.25, -0.2) is 0 Å². The largest absolute Gasteiger partial charge is 0.377 e. The molecule has 0 unspecified atom stereocenters. The number of fused-ring (bicyclic) bond motifs is 1. The Balaban J connectivity index is 1.75. The minimum Gasteiger partial charge on any atom is -0.377 e. The van der Waals surface area contributed by atoms with Crippen LogP contribution in [0, 0.1) is 5.92 Å². The van der Waals surface area contributed by atoms with E-state index in [4.69, 9.17) is 4.74 Å². The average molecular weight is 388 g/mol. The second kappa shape index (κ2) is 7.93. The van der Waals surface area contributed by atoms with Crippen LogP contribution in [0.5, 0.6) is 0 Å². The number of nitrogens with zero attached hydrogens (tertiary/aromatic N) is 3. The maximum atomic E-state index is 12.6. The Kier molecular flexibility index (Phi) is 5.62. The maximum absolute atomic E-state index is 12.6. The van der Waals surface area contributed by atoms with E-state index in [0.29, 0.717) is 34.8 Å². The summed E-state index contributed by atoms with van der Waals surface area (Å²) in [5, 5.41) is 11.4. The Morgan fingerprint density at radius 1 is 1.22 bits per heavy atom. The number of carbonyl (C=O) groups excluding carboxylic acids is 3. The quantitative estimate of drug-likeness (QED) is 0.732. The number of hydrogen-bond donors (Lipinski definition) is 1. The van der Waals surface area contributed by atoms with Gasteiger partial charge in [0, 0.05) is 19.2 Å². The molecule has 9 heteroatoms. The topological polar surface area (TPSA) is 101 Å². The van der Waals surface area contributed by atoms with Crippen LogP contribution < -0.4 is 5.32 Å². The van der Waals surface area contributed by atoms with Gasteiger partial charge >= 0.3 is 0 Å². The van der Waals surface area contributed by atoms with Crippen molar-refractivity contribution in [3.05, 3.63) is 39.9 Å². The molecular weight excluding hydrogens is 368 g/mol. The fourth-order valence-corrected chi connectivity index (χ4v) is 3.38. The van der Waals surface area contributed by atoms with Gasteiger partial charge in [-0.1, -0.05) is 25.2 Å². The lowest BCUT2D eigenvalue weighted by atomic mass is 10.1. The zero-order valence-electron chi connectivity index (χ0n) is 15.3. The van der Waals surface area contributed by atoms with E-state index >= 15 is 0 Å². The Hall–Kier alpha value is -2.65. The molecule has 0 aliphatic carbocycles. The molecule has 0 atom stereocenters. The smallest absolute Gasteiger partial charge is 0.261 e. The van der Waals surface area contributed by atoms with Crippen LogP contribution in [0.4, 0.5) is 5.13 Å². The van der Waals surface area contributed by atoms with Gasteiger partial charge in [-0.3, -0.25) is 24.6 Å².